The molecule has 0 atom stereocenters. The van der Waals surface area contributed by atoms with Crippen molar-refractivity contribution in [1.82, 2.24) is 25.0 Å². The molecule has 1 aliphatic heterocycles. The molecule has 4 rings (SSSR count). The predicted molar refractivity (Wildman–Crippen MR) is 97.9 cm³/mol. The number of aromatic amines is 1. The summed E-state index contributed by atoms with van der Waals surface area (Å²) in [5, 5.41) is 8.23. The highest BCUT2D eigenvalue weighted by atomic mass is 16.2. The number of nitrogens with one attached hydrogen (secondary N) is 2. The monoisotopic (exact) mass is 351 g/mol. The lowest BCUT2D eigenvalue weighted by Crippen LogP contribution is -2.38. The molecule has 0 aliphatic carbocycles. The van der Waals surface area contributed by atoms with Crippen molar-refractivity contribution in [1.29, 1.82) is 0 Å². The average Bonchev–Trinajstić information content (AvgIpc) is 3.25. The summed E-state index contributed by atoms with van der Waals surface area (Å²) in [6.45, 7) is 5.43. The molecule has 7 heteroatoms. The Bertz CT molecular complexity index is 985. The Balaban J connectivity index is 1.53. The number of H-pyrrole nitrogens is 1. The number of benzene rings is 1. The Morgan fingerprint density at radius 2 is 2.04 bits per heavy atom. The summed E-state index contributed by atoms with van der Waals surface area (Å²) in [5.74, 6) is -0.189. The van der Waals surface area contributed by atoms with E-state index >= 15 is 0 Å². The van der Waals surface area contributed by atoms with Crippen LogP contribution < -0.4 is 5.32 Å². The molecule has 2 N–H and O–H groups in total. The van der Waals surface area contributed by atoms with Gasteiger partial charge in [0.05, 0.1) is 18.8 Å². The van der Waals surface area contributed by atoms with Crippen molar-refractivity contribution in [3.8, 4) is 0 Å². The Hall–Kier alpha value is -3.09. The molecule has 2 aromatic heterocycles. The van der Waals surface area contributed by atoms with Gasteiger partial charge < -0.3 is 15.2 Å². The van der Waals surface area contributed by atoms with Crippen molar-refractivity contribution < 1.29 is 9.59 Å². The van der Waals surface area contributed by atoms with Gasteiger partial charge in [-0.3, -0.25) is 14.3 Å². The summed E-state index contributed by atoms with van der Waals surface area (Å²) in [6.07, 6.45) is 1.86. The van der Waals surface area contributed by atoms with Crippen LogP contribution in [0.5, 0.6) is 0 Å². The van der Waals surface area contributed by atoms with Crippen LogP contribution in [0.2, 0.25) is 0 Å². The van der Waals surface area contributed by atoms with E-state index in [2.05, 4.69) is 15.4 Å². The molecule has 0 radical (unpaired) electrons. The lowest BCUT2D eigenvalue weighted by molar-refractivity contribution is 0.0705. The number of hydrogen-bond donors (Lipinski definition) is 2. The van der Waals surface area contributed by atoms with Crippen LogP contribution in [0.1, 0.15) is 40.4 Å². The van der Waals surface area contributed by atoms with Gasteiger partial charge in [-0.05, 0) is 44.2 Å². The quantitative estimate of drug-likeness (QED) is 0.758. The van der Waals surface area contributed by atoms with Crippen LogP contribution >= 0.6 is 0 Å². The zero-order chi connectivity index (χ0) is 18.3. The highest BCUT2D eigenvalue weighted by Crippen LogP contribution is 2.19. The van der Waals surface area contributed by atoms with Crippen molar-refractivity contribution in [2.75, 3.05) is 6.54 Å². The maximum atomic E-state index is 12.9. The van der Waals surface area contributed by atoms with Crippen molar-refractivity contribution in [3.63, 3.8) is 0 Å². The summed E-state index contributed by atoms with van der Waals surface area (Å²) in [4.78, 5) is 29.9. The lowest BCUT2D eigenvalue weighted by atomic mass is 10.1. The number of fused-ring (bicyclic) bond motifs is 2. The first-order chi connectivity index (χ1) is 12.5. The van der Waals surface area contributed by atoms with E-state index < -0.39 is 0 Å². The molecule has 26 heavy (non-hydrogen) atoms. The van der Waals surface area contributed by atoms with Crippen molar-refractivity contribution in [3.05, 3.63) is 53.5 Å². The van der Waals surface area contributed by atoms with Gasteiger partial charge >= 0.3 is 0 Å². The summed E-state index contributed by atoms with van der Waals surface area (Å²) in [6, 6.07) is 9.45. The molecule has 7 nitrogen and oxygen atoms in total. The maximum Gasteiger partial charge on any atom is 0.271 e. The number of nitrogens with zero attached hydrogens (tertiary/aromatic N) is 3. The normalized spacial score (nSPS) is 13.9. The van der Waals surface area contributed by atoms with Gasteiger partial charge in [0.25, 0.3) is 11.8 Å². The third-order valence-corrected chi connectivity index (χ3v) is 4.54. The summed E-state index contributed by atoms with van der Waals surface area (Å²) < 4.78 is 1.81. The average molecular weight is 351 g/mol. The molecule has 1 aliphatic rings. The van der Waals surface area contributed by atoms with Crippen LogP contribution in [0, 0.1) is 0 Å². The van der Waals surface area contributed by atoms with Crippen molar-refractivity contribution in [2.45, 2.75) is 33.0 Å². The minimum absolute atomic E-state index is 0.00580. The molecule has 0 fully saturated rings. The van der Waals surface area contributed by atoms with E-state index in [1.165, 1.54) is 0 Å². The fourth-order valence-corrected chi connectivity index (χ4v) is 3.26. The molecule has 0 saturated carbocycles. The van der Waals surface area contributed by atoms with Crippen molar-refractivity contribution in [2.24, 2.45) is 0 Å². The van der Waals surface area contributed by atoms with Crippen LogP contribution in [0.25, 0.3) is 10.9 Å². The second kappa shape index (κ2) is 6.33. The largest absolute Gasteiger partial charge is 0.361 e. The zero-order valence-corrected chi connectivity index (χ0v) is 14.8. The maximum absolute atomic E-state index is 12.9. The zero-order valence-electron chi connectivity index (χ0n) is 14.8. The van der Waals surface area contributed by atoms with Crippen LogP contribution in [-0.2, 0) is 13.1 Å². The Labute approximate surface area is 151 Å². The van der Waals surface area contributed by atoms with Gasteiger partial charge in [0, 0.05) is 35.2 Å². The van der Waals surface area contributed by atoms with Gasteiger partial charge in [-0.15, -0.1) is 0 Å². The van der Waals surface area contributed by atoms with Crippen LogP contribution in [-0.4, -0.2) is 44.1 Å². The number of hydrogen-bond acceptors (Lipinski definition) is 3. The molecule has 134 valence electrons. The van der Waals surface area contributed by atoms with Gasteiger partial charge in [0.1, 0.15) is 0 Å². The molecule has 2 amide bonds. The summed E-state index contributed by atoms with van der Waals surface area (Å²) in [7, 11) is 0. The van der Waals surface area contributed by atoms with E-state index in [4.69, 9.17) is 0 Å². The van der Waals surface area contributed by atoms with E-state index in [-0.39, 0.29) is 17.9 Å². The number of aromatic nitrogens is 3. The topological polar surface area (TPSA) is 83.0 Å². The third kappa shape index (κ3) is 2.96. The number of carbonyl (C=O) groups excluding carboxylic acids is 2. The van der Waals surface area contributed by atoms with Gasteiger partial charge in [-0.25, -0.2) is 0 Å². The molecular formula is C19H21N5O2. The summed E-state index contributed by atoms with van der Waals surface area (Å²) in [5.41, 5.74) is 2.96. The van der Waals surface area contributed by atoms with Crippen LogP contribution in [0.15, 0.2) is 36.5 Å². The fourth-order valence-electron chi connectivity index (χ4n) is 3.26. The first-order valence-electron chi connectivity index (χ1n) is 8.75. The molecule has 0 saturated heterocycles. The van der Waals surface area contributed by atoms with E-state index in [9.17, 15) is 9.59 Å². The molecule has 3 heterocycles. The number of carbonyl (C=O) groups is 2. The highest BCUT2D eigenvalue weighted by Gasteiger charge is 2.25. The second-order valence-corrected chi connectivity index (χ2v) is 6.88. The van der Waals surface area contributed by atoms with E-state index in [0.717, 1.165) is 16.6 Å². The van der Waals surface area contributed by atoms with Crippen LogP contribution in [0.3, 0.4) is 0 Å². The second-order valence-electron chi connectivity index (χ2n) is 6.88. The van der Waals surface area contributed by atoms with Gasteiger partial charge in [0.15, 0.2) is 5.69 Å². The Kier molecular flexibility index (Phi) is 3.99. The smallest absolute Gasteiger partial charge is 0.271 e. The number of rotatable bonds is 3. The number of amides is 2. The first-order valence-corrected chi connectivity index (χ1v) is 8.75. The minimum atomic E-state index is -0.183. The van der Waals surface area contributed by atoms with E-state index in [1.807, 2.05) is 49.0 Å². The predicted octanol–water partition coefficient (Wildman–Crippen LogP) is 2.16. The lowest BCUT2D eigenvalue weighted by Gasteiger charge is -2.27. The molecule has 0 spiro atoms. The first kappa shape index (κ1) is 16.4. The SMILES string of the molecule is CC(C)NC(=O)c1cc2n(n1)CCN(C(=O)c1ccc3[nH]ccc3c1)C2. The highest BCUT2D eigenvalue weighted by molar-refractivity contribution is 5.98. The standard InChI is InChI=1S/C19H21N5O2/c1-12(2)21-18(25)17-10-15-11-23(7-8-24(15)22-17)19(26)14-3-4-16-13(9-14)5-6-20-16/h3-6,9-10,12,20H,7-8,11H2,1-2H3,(H,21,25). The molecule has 1 aromatic carbocycles. The van der Waals surface area contributed by atoms with Gasteiger partial charge in [-0.1, -0.05) is 0 Å². The molecule has 0 unspecified atom stereocenters. The molecular weight excluding hydrogens is 330 g/mol. The van der Waals surface area contributed by atoms with Crippen molar-refractivity contribution >= 4 is 22.7 Å². The molecule has 0 bridgehead atoms. The van der Waals surface area contributed by atoms with E-state index in [0.29, 0.717) is 30.9 Å². The minimum Gasteiger partial charge on any atom is -0.361 e. The summed E-state index contributed by atoms with van der Waals surface area (Å²) >= 11 is 0. The van der Waals surface area contributed by atoms with E-state index in [1.54, 1.807) is 11.0 Å². The molecule has 3 aromatic rings. The Morgan fingerprint density at radius 1 is 1.19 bits per heavy atom. The Morgan fingerprint density at radius 3 is 2.85 bits per heavy atom. The fraction of sp³-hybridized carbons (Fsp3) is 0.316. The van der Waals surface area contributed by atoms with Gasteiger partial charge in [-0.2, -0.15) is 5.10 Å². The van der Waals surface area contributed by atoms with Crippen LogP contribution in [0.4, 0.5) is 0 Å². The van der Waals surface area contributed by atoms with Gasteiger partial charge in [0.2, 0.25) is 0 Å². The third-order valence-electron chi connectivity index (χ3n) is 4.54.